The number of rotatable bonds is 4. The minimum atomic E-state index is -0.114. The second-order valence-corrected chi connectivity index (χ2v) is 5.55. The molecule has 0 radical (unpaired) electrons. The van der Waals surface area contributed by atoms with Gasteiger partial charge in [-0.15, -0.1) is 5.10 Å². The minimum Gasteiger partial charge on any atom is -0.390 e. The third kappa shape index (κ3) is 2.92. The fourth-order valence-corrected chi connectivity index (χ4v) is 2.46. The summed E-state index contributed by atoms with van der Waals surface area (Å²) in [5.74, 6) is 0. The summed E-state index contributed by atoms with van der Waals surface area (Å²) in [5, 5.41) is 17.9. The van der Waals surface area contributed by atoms with E-state index in [4.69, 9.17) is 0 Å². The lowest BCUT2D eigenvalue weighted by Crippen LogP contribution is -2.04. The van der Waals surface area contributed by atoms with E-state index in [0.717, 1.165) is 16.8 Å². The number of hydrogen-bond donors (Lipinski definition) is 1. The Morgan fingerprint density at radius 1 is 0.909 bits per heavy atom. The van der Waals surface area contributed by atoms with Crippen LogP contribution in [-0.2, 0) is 13.2 Å². The molecule has 0 aliphatic carbocycles. The van der Waals surface area contributed by atoms with Gasteiger partial charge in [0.2, 0.25) is 0 Å². The maximum atomic E-state index is 9.53. The standard InChI is InChI=1S/C18H19N3O/c1-13-3-7-15(8-4-13)11-21-18(17(12-22)19-20-21)16-9-5-14(2)6-10-16/h3-10,22H,11-12H2,1-2H3. The van der Waals surface area contributed by atoms with Crippen molar-refractivity contribution in [1.29, 1.82) is 0 Å². The average Bonchev–Trinajstić information content (AvgIpc) is 2.93. The monoisotopic (exact) mass is 293 g/mol. The van der Waals surface area contributed by atoms with E-state index in [-0.39, 0.29) is 6.61 Å². The third-order valence-corrected chi connectivity index (χ3v) is 3.73. The molecule has 3 aromatic rings. The second-order valence-electron chi connectivity index (χ2n) is 5.55. The summed E-state index contributed by atoms with van der Waals surface area (Å²) in [7, 11) is 0. The number of benzene rings is 2. The van der Waals surface area contributed by atoms with Gasteiger partial charge in [0.25, 0.3) is 0 Å². The van der Waals surface area contributed by atoms with E-state index in [9.17, 15) is 5.11 Å². The van der Waals surface area contributed by atoms with Crippen molar-refractivity contribution in [1.82, 2.24) is 15.0 Å². The quantitative estimate of drug-likeness (QED) is 0.804. The van der Waals surface area contributed by atoms with Crippen molar-refractivity contribution in [2.45, 2.75) is 27.0 Å². The van der Waals surface area contributed by atoms with Crippen LogP contribution in [0.3, 0.4) is 0 Å². The summed E-state index contributed by atoms with van der Waals surface area (Å²) in [6.45, 7) is 4.65. The maximum Gasteiger partial charge on any atom is 0.116 e. The van der Waals surface area contributed by atoms with E-state index < -0.39 is 0 Å². The molecule has 0 fully saturated rings. The molecule has 4 nitrogen and oxygen atoms in total. The first-order valence-corrected chi connectivity index (χ1v) is 7.33. The van der Waals surface area contributed by atoms with Crippen molar-refractivity contribution in [3.05, 3.63) is 70.9 Å². The first-order chi connectivity index (χ1) is 10.7. The van der Waals surface area contributed by atoms with Gasteiger partial charge < -0.3 is 5.11 Å². The van der Waals surface area contributed by atoms with E-state index in [0.29, 0.717) is 12.2 Å². The van der Waals surface area contributed by atoms with Crippen LogP contribution >= 0.6 is 0 Å². The Balaban J connectivity index is 1.99. The first-order valence-electron chi connectivity index (χ1n) is 7.33. The summed E-state index contributed by atoms with van der Waals surface area (Å²) in [4.78, 5) is 0. The van der Waals surface area contributed by atoms with Crippen molar-refractivity contribution in [3.8, 4) is 11.3 Å². The molecule has 0 spiro atoms. The van der Waals surface area contributed by atoms with Crippen LogP contribution in [0.25, 0.3) is 11.3 Å². The highest BCUT2D eigenvalue weighted by Crippen LogP contribution is 2.23. The molecule has 0 saturated carbocycles. The van der Waals surface area contributed by atoms with Crippen molar-refractivity contribution in [3.63, 3.8) is 0 Å². The molecule has 0 aliphatic rings. The van der Waals surface area contributed by atoms with E-state index in [1.807, 2.05) is 16.8 Å². The van der Waals surface area contributed by atoms with Gasteiger partial charge in [0.15, 0.2) is 0 Å². The molecule has 0 atom stereocenters. The van der Waals surface area contributed by atoms with Crippen molar-refractivity contribution in [2.24, 2.45) is 0 Å². The molecule has 0 saturated heterocycles. The molecule has 22 heavy (non-hydrogen) atoms. The predicted molar refractivity (Wildman–Crippen MR) is 86.4 cm³/mol. The molecule has 112 valence electrons. The van der Waals surface area contributed by atoms with E-state index in [1.54, 1.807) is 0 Å². The summed E-state index contributed by atoms with van der Waals surface area (Å²) in [5.41, 5.74) is 6.10. The molecule has 1 aromatic heterocycles. The van der Waals surface area contributed by atoms with Crippen LogP contribution in [0.5, 0.6) is 0 Å². The van der Waals surface area contributed by atoms with Gasteiger partial charge in [-0.25, -0.2) is 4.68 Å². The first kappa shape index (κ1) is 14.5. The van der Waals surface area contributed by atoms with Crippen LogP contribution in [0.1, 0.15) is 22.4 Å². The number of nitrogens with zero attached hydrogens (tertiary/aromatic N) is 3. The largest absolute Gasteiger partial charge is 0.390 e. The van der Waals surface area contributed by atoms with Crippen LogP contribution < -0.4 is 0 Å². The number of aromatic nitrogens is 3. The Morgan fingerprint density at radius 3 is 2.09 bits per heavy atom. The fraction of sp³-hybridized carbons (Fsp3) is 0.222. The SMILES string of the molecule is Cc1ccc(Cn2nnc(CO)c2-c2ccc(C)cc2)cc1. The Morgan fingerprint density at radius 2 is 1.50 bits per heavy atom. The Labute approximate surface area is 130 Å². The van der Waals surface area contributed by atoms with Crippen LogP contribution in [0.2, 0.25) is 0 Å². The molecule has 2 aromatic carbocycles. The van der Waals surface area contributed by atoms with Crippen LogP contribution in [0, 0.1) is 13.8 Å². The maximum absolute atomic E-state index is 9.53. The summed E-state index contributed by atoms with van der Waals surface area (Å²) < 4.78 is 1.85. The van der Waals surface area contributed by atoms with Crippen molar-refractivity contribution < 1.29 is 5.11 Å². The molecule has 0 unspecified atom stereocenters. The molecule has 0 amide bonds. The fourth-order valence-electron chi connectivity index (χ4n) is 2.46. The molecular formula is C18H19N3O. The van der Waals surface area contributed by atoms with Gasteiger partial charge in [-0.1, -0.05) is 64.9 Å². The van der Waals surface area contributed by atoms with Crippen LogP contribution in [-0.4, -0.2) is 20.1 Å². The molecule has 0 aliphatic heterocycles. The summed E-state index contributed by atoms with van der Waals surface area (Å²) >= 11 is 0. The van der Waals surface area contributed by atoms with Gasteiger partial charge in [0, 0.05) is 5.56 Å². The topological polar surface area (TPSA) is 50.9 Å². The molecule has 3 rings (SSSR count). The Hall–Kier alpha value is -2.46. The third-order valence-electron chi connectivity index (χ3n) is 3.73. The lowest BCUT2D eigenvalue weighted by atomic mass is 10.1. The zero-order valence-corrected chi connectivity index (χ0v) is 12.8. The van der Waals surface area contributed by atoms with Gasteiger partial charge in [-0.3, -0.25) is 0 Å². The molecule has 1 N–H and O–H groups in total. The summed E-state index contributed by atoms with van der Waals surface area (Å²) in [6.07, 6.45) is 0. The number of aliphatic hydroxyl groups is 1. The highest BCUT2D eigenvalue weighted by atomic mass is 16.3. The highest BCUT2D eigenvalue weighted by Gasteiger charge is 2.14. The zero-order valence-electron chi connectivity index (χ0n) is 12.8. The number of hydrogen-bond acceptors (Lipinski definition) is 3. The van der Waals surface area contributed by atoms with E-state index in [1.165, 1.54) is 11.1 Å². The second kappa shape index (κ2) is 6.12. The smallest absolute Gasteiger partial charge is 0.116 e. The van der Waals surface area contributed by atoms with Gasteiger partial charge in [0.05, 0.1) is 18.8 Å². The molecule has 1 heterocycles. The van der Waals surface area contributed by atoms with Crippen molar-refractivity contribution >= 4 is 0 Å². The molecule has 4 heteroatoms. The lowest BCUT2D eigenvalue weighted by molar-refractivity contribution is 0.277. The number of aryl methyl sites for hydroxylation is 2. The lowest BCUT2D eigenvalue weighted by Gasteiger charge is -2.09. The van der Waals surface area contributed by atoms with Gasteiger partial charge >= 0.3 is 0 Å². The molecule has 0 bridgehead atoms. The van der Waals surface area contributed by atoms with Gasteiger partial charge in [-0.2, -0.15) is 0 Å². The molecular weight excluding hydrogens is 274 g/mol. The number of aliphatic hydroxyl groups excluding tert-OH is 1. The van der Waals surface area contributed by atoms with Crippen molar-refractivity contribution in [2.75, 3.05) is 0 Å². The van der Waals surface area contributed by atoms with E-state index in [2.05, 4.69) is 60.6 Å². The summed E-state index contributed by atoms with van der Waals surface area (Å²) in [6, 6.07) is 16.6. The predicted octanol–water partition coefficient (Wildman–Crippen LogP) is 3.10. The van der Waals surface area contributed by atoms with Gasteiger partial charge in [0.1, 0.15) is 5.69 Å². The highest BCUT2D eigenvalue weighted by molar-refractivity contribution is 5.62. The van der Waals surface area contributed by atoms with E-state index >= 15 is 0 Å². The van der Waals surface area contributed by atoms with Crippen LogP contribution in [0.4, 0.5) is 0 Å². The Kier molecular flexibility index (Phi) is 4.02. The van der Waals surface area contributed by atoms with Gasteiger partial charge in [-0.05, 0) is 19.4 Å². The normalized spacial score (nSPS) is 10.9. The minimum absolute atomic E-state index is 0.114. The average molecular weight is 293 g/mol. The zero-order chi connectivity index (χ0) is 15.5. The van der Waals surface area contributed by atoms with Crippen LogP contribution in [0.15, 0.2) is 48.5 Å². The Bertz CT molecular complexity index is 758.